The van der Waals surface area contributed by atoms with Crippen LogP contribution in [0.15, 0.2) is 92.2 Å². The van der Waals surface area contributed by atoms with E-state index >= 15 is 0 Å². The molecular weight excluding hydrogens is 586 g/mol. The lowest BCUT2D eigenvalue weighted by atomic mass is 9.85. The largest absolute Gasteiger partial charge is 0.359 e. The number of aldehydes is 1. The third-order valence-corrected chi connectivity index (χ3v) is 7.20. The Labute approximate surface area is 285 Å². The first-order valence-electron chi connectivity index (χ1n) is 16.6. The molecule has 3 aromatic carbocycles. The van der Waals surface area contributed by atoms with E-state index in [1.165, 1.54) is 32.4 Å². The van der Waals surface area contributed by atoms with Gasteiger partial charge in [-0.2, -0.15) is 0 Å². The van der Waals surface area contributed by atoms with Crippen LogP contribution in [-0.4, -0.2) is 13.3 Å². The first kappa shape index (κ1) is 44.9. The van der Waals surface area contributed by atoms with Crippen molar-refractivity contribution in [3.8, 4) is 23.5 Å². The zero-order valence-corrected chi connectivity index (χ0v) is 30.1. The van der Waals surface area contributed by atoms with Gasteiger partial charge in [0.2, 0.25) is 0 Å². The SMILES string of the molecule is C#Cc1cc(NC(=C)CC2C=CC(CC)CC2)ccc1F.C=C.CC.CC.CCc1cc(F)c(-c2ccc(C=O)cc2)cc1C.CN. The second-order valence-electron chi connectivity index (χ2n) is 10.0. The molecule has 0 radical (unpaired) electrons. The van der Waals surface area contributed by atoms with Crippen molar-refractivity contribution in [1.29, 1.82) is 0 Å². The Balaban J connectivity index is 0. The predicted molar refractivity (Wildman–Crippen MR) is 203 cm³/mol. The molecule has 1 aliphatic rings. The van der Waals surface area contributed by atoms with Gasteiger partial charge in [0.25, 0.3) is 0 Å². The second kappa shape index (κ2) is 26.9. The summed E-state index contributed by atoms with van der Waals surface area (Å²) in [6, 6.07) is 15.1. The first-order chi connectivity index (χ1) is 22.8. The number of anilines is 1. The molecule has 3 nitrogen and oxygen atoms in total. The molecule has 4 rings (SSSR count). The van der Waals surface area contributed by atoms with Gasteiger partial charge < -0.3 is 11.1 Å². The number of nitrogens with two attached hydrogens (primary N) is 1. The maximum atomic E-state index is 14.0. The summed E-state index contributed by atoms with van der Waals surface area (Å²) < 4.78 is 27.4. The van der Waals surface area contributed by atoms with Gasteiger partial charge >= 0.3 is 0 Å². The van der Waals surface area contributed by atoms with Gasteiger partial charge in [-0.1, -0.05) is 90.5 Å². The highest BCUT2D eigenvalue weighted by Crippen LogP contribution is 2.29. The van der Waals surface area contributed by atoms with Gasteiger partial charge in [-0.15, -0.1) is 19.6 Å². The monoisotopic (exact) mass is 644 g/mol. The van der Waals surface area contributed by atoms with Crippen molar-refractivity contribution in [3.05, 3.63) is 126 Å². The number of halogens is 2. The zero-order chi connectivity index (χ0) is 36.4. The molecule has 0 heterocycles. The van der Waals surface area contributed by atoms with Crippen molar-refractivity contribution in [1.82, 2.24) is 0 Å². The number of rotatable bonds is 8. The number of nitrogens with one attached hydrogen (secondary N) is 1. The summed E-state index contributed by atoms with van der Waals surface area (Å²) in [5.41, 5.74) is 10.6. The average molecular weight is 645 g/mol. The highest BCUT2D eigenvalue weighted by Gasteiger charge is 2.15. The van der Waals surface area contributed by atoms with Crippen LogP contribution in [0.2, 0.25) is 0 Å². The molecule has 1 aliphatic carbocycles. The molecule has 47 heavy (non-hydrogen) atoms. The second-order valence-corrected chi connectivity index (χ2v) is 10.0. The minimum atomic E-state index is -0.366. The van der Waals surface area contributed by atoms with E-state index in [0.29, 0.717) is 17.0 Å². The summed E-state index contributed by atoms with van der Waals surface area (Å²) >= 11 is 0. The van der Waals surface area contributed by atoms with Crippen molar-refractivity contribution >= 4 is 12.0 Å². The Morgan fingerprint density at radius 3 is 2.00 bits per heavy atom. The number of hydrogen-bond donors (Lipinski definition) is 2. The van der Waals surface area contributed by atoms with E-state index in [1.54, 1.807) is 42.5 Å². The summed E-state index contributed by atoms with van der Waals surface area (Å²) in [6.07, 6.45) is 16.1. The Hall–Kier alpha value is -4.27. The average Bonchev–Trinajstić information content (AvgIpc) is 3.14. The Kier molecular flexibility index (Phi) is 25.7. The number of hydrogen-bond acceptors (Lipinski definition) is 3. The van der Waals surface area contributed by atoms with Crippen molar-refractivity contribution in [2.45, 2.75) is 80.6 Å². The van der Waals surface area contributed by atoms with Crippen LogP contribution >= 0.6 is 0 Å². The van der Waals surface area contributed by atoms with Gasteiger partial charge in [-0.3, -0.25) is 4.79 Å². The fourth-order valence-corrected chi connectivity index (χ4v) is 4.80. The number of aryl methyl sites for hydroxylation is 2. The highest BCUT2D eigenvalue weighted by molar-refractivity contribution is 5.77. The minimum absolute atomic E-state index is 0.212. The molecule has 256 valence electrons. The van der Waals surface area contributed by atoms with Crippen molar-refractivity contribution < 1.29 is 13.6 Å². The smallest absolute Gasteiger partial charge is 0.150 e. The normalized spacial score (nSPS) is 13.7. The molecule has 0 spiro atoms. The van der Waals surface area contributed by atoms with Crippen LogP contribution in [0, 0.1) is 42.7 Å². The lowest BCUT2D eigenvalue weighted by Gasteiger charge is -2.23. The molecule has 0 amide bonds. The van der Waals surface area contributed by atoms with Gasteiger partial charge in [-0.05, 0) is 105 Å². The van der Waals surface area contributed by atoms with Crippen LogP contribution in [0.1, 0.15) is 94.3 Å². The lowest BCUT2D eigenvalue weighted by molar-refractivity contribution is 0.112. The molecule has 0 saturated heterocycles. The quantitative estimate of drug-likeness (QED) is 0.146. The van der Waals surface area contributed by atoms with Gasteiger partial charge in [0.1, 0.15) is 17.9 Å². The number of allylic oxidation sites excluding steroid dienone is 3. The molecule has 0 fully saturated rings. The van der Waals surface area contributed by atoms with E-state index in [4.69, 9.17) is 6.42 Å². The topological polar surface area (TPSA) is 55.1 Å². The fraction of sp³-hybridized carbons (Fsp3) is 0.357. The number of carbonyl (C=O) groups is 1. The Bertz CT molecular complexity index is 1390. The molecule has 0 aromatic heterocycles. The summed E-state index contributed by atoms with van der Waals surface area (Å²) in [5.74, 6) is 3.04. The number of terminal acetylenes is 1. The molecule has 2 unspecified atom stereocenters. The van der Waals surface area contributed by atoms with Gasteiger partial charge in [0.15, 0.2) is 0 Å². The van der Waals surface area contributed by atoms with E-state index < -0.39 is 0 Å². The molecule has 3 aromatic rings. The summed E-state index contributed by atoms with van der Waals surface area (Å²) in [5, 5.41) is 3.23. The van der Waals surface area contributed by atoms with Crippen LogP contribution in [0.5, 0.6) is 0 Å². The van der Waals surface area contributed by atoms with Crippen LogP contribution in [0.3, 0.4) is 0 Å². The van der Waals surface area contributed by atoms with Crippen LogP contribution in [0.4, 0.5) is 14.5 Å². The Morgan fingerprint density at radius 1 is 0.936 bits per heavy atom. The van der Waals surface area contributed by atoms with E-state index in [0.717, 1.165) is 53.1 Å². The zero-order valence-electron chi connectivity index (χ0n) is 30.1. The molecule has 5 heteroatoms. The molecular formula is C42H58F2N2O. The maximum absolute atomic E-state index is 14.0. The van der Waals surface area contributed by atoms with Gasteiger partial charge in [0, 0.05) is 22.5 Å². The molecule has 0 bridgehead atoms. The molecule has 0 saturated carbocycles. The molecule has 2 atom stereocenters. The highest BCUT2D eigenvalue weighted by atomic mass is 19.1. The molecule has 0 aliphatic heterocycles. The van der Waals surface area contributed by atoms with E-state index in [-0.39, 0.29) is 17.2 Å². The predicted octanol–water partition coefficient (Wildman–Crippen LogP) is 11.7. The van der Waals surface area contributed by atoms with Gasteiger partial charge in [0.05, 0.1) is 5.56 Å². The lowest BCUT2D eigenvalue weighted by Crippen LogP contribution is -2.11. The summed E-state index contributed by atoms with van der Waals surface area (Å²) in [6.45, 7) is 24.3. The van der Waals surface area contributed by atoms with E-state index in [2.05, 4.69) is 55.8 Å². The summed E-state index contributed by atoms with van der Waals surface area (Å²) in [4.78, 5) is 10.6. The third kappa shape index (κ3) is 15.7. The van der Waals surface area contributed by atoms with Crippen molar-refractivity contribution in [3.63, 3.8) is 0 Å². The third-order valence-electron chi connectivity index (χ3n) is 7.20. The maximum Gasteiger partial charge on any atom is 0.150 e. The first-order valence-corrected chi connectivity index (χ1v) is 16.6. The van der Waals surface area contributed by atoms with Gasteiger partial charge in [-0.25, -0.2) is 8.78 Å². The van der Waals surface area contributed by atoms with Crippen LogP contribution < -0.4 is 11.1 Å². The fourth-order valence-electron chi connectivity index (χ4n) is 4.80. The van der Waals surface area contributed by atoms with E-state index in [1.807, 2.05) is 47.6 Å². The number of carbonyl (C=O) groups excluding carboxylic acids is 1. The minimum Gasteiger partial charge on any atom is -0.359 e. The molecule has 3 N–H and O–H groups in total. The standard InChI is InChI=1S/C19H22FN.C16H15FO.2C2H6.C2H4.CH5N/c1-4-15-6-8-16(9-7-15)12-14(3)21-18-10-11-19(20)17(5-2)13-18;1-3-13-9-16(17)15(8-11(13)2)14-6-4-12(10-18)5-7-14;4*1-2/h2,6,8,10-11,13,15-16,21H,3-4,7,9,12H2,1H3;4-10H,3H2,1-2H3;2*1-2H3;1-2H2;2H2,1H3. The van der Waals surface area contributed by atoms with Crippen LogP contribution in [-0.2, 0) is 6.42 Å². The van der Waals surface area contributed by atoms with Crippen LogP contribution in [0.25, 0.3) is 11.1 Å². The van der Waals surface area contributed by atoms with Crippen molar-refractivity contribution in [2.75, 3.05) is 12.4 Å². The van der Waals surface area contributed by atoms with E-state index in [9.17, 15) is 13.6 Å². The number of benzene rings is 3. The Morgan fingerprint density at radius 2 is 1.51 bits per heavy atom. The van der Waals surface area contributed by atoms with Crippen molar-refractivity contribution in [2.24, 2.45) is 17.6 Å². The summed E-state index contributed by atoms with van der Waals surface area (Å²) in [7, 11) is 1.50.